The molecule has 1 unspecified atom stereocenters. The van der Waals surface area contributed by atoms with E-state index >= 15 is 0 Å². The molecule has 2 nitrogen and oxygen atoms in total. The van der Waals surface area contributed by atoms with Gasteiger partial charge in [-0.25, -0.2) is 0 Å². The molecule has 0 bridgehead atoms. The van der Waals surface area contributed by atoms with Gasteiger partial charge in [0.05, 0.1) is 0 Å². The average molecular weight is 268 g/mol. The highest BCUT2D eigenvalue weighted by atomic mass is 32.1. The summed E-state index contributed by atoms with van der Waals surface area (Å²) >= 11 is 1.93. The minimum atomic E-state index is 0.657. The molecule has 18 heavy (non-hydrogen) atoms. The lowest BCUT2D eigenvalue weighted by atomic mass is 10.0. The lowest BCUT2D eigenvalue weighted by molar-refractivity contribution is 0.222. The maximum Gasteiger partial charge on any atom is 0.0327 e. The van der Waals surface area contributed by atoms with Gasteiger partial charge in [-0.2, -0.15) is 0 Å². The van der Waals surface area contributed by atoms with Gasteiger partial charge in [0.2, 0.25) is 0 Å². The summed E-state index contributed by atoms with van der Waals surface area (Å²) in [5, 5.41) is 3.38. The minimum Gasteiger partial charge on any atom is -0.312 e. The molecule has 0 spiro atoms. The summed E-state index contributed by atoms with van der Waals surface area (Å²) in [7, 11) is 2.23. The van der Waals surface area contributed by atoms with Crippen LogP contribution in [0.4, 0.5) is 0 Å². The molecule has 104 valence electrons. The van der Waals surface area contributed by atoms with Crippen LogP contribution in [-0.4, -0.2) is 24.5 Å². The van der Waals surface area contributed by atoms with Crippen molar-refractivity contribution in [3.05, 3.63) is 21.9 Å². The number of thiophene rings is 1. The highest BCUT2D eigenvalue weighted by Crippen LogP contribution is 2.20. The topological polar surface area (TPSA) is 15.3 Å². The first-order chi connectivity index (χ1) is 8.52. The molecule has 0 saturated heterocycles. The van der Waals surface area contributed by atoms with Crippen molar-refractivity contribution in [1.82, 2.24) is 10.2 Å². The highest BCUT2D eigenvalue weighted by Gasteiger charge is 2.12. The molecule has 1 heterocycles. The number of nitrogens with one attached hydrogen (secondary N) is 1. The van der Waals surface area contributed by atoms with Crippen molar-refractivity contribution in [1.29, 1.82) is 0 Å². The molecule has 0 fully saturated rings. The maximum absolute atomic E-state index is 3.38. The fourth-order valence-corrected chi connectivity index (χ4v) is 3.17. The fraction of sp³-hybridized carbons (Fsp3) is 0.733. The summed E-state index contributed by atoms with van der Waals surface area (Å²) in [6.07, 6.45) is 1.27. The quantitative estimate of drug-likeness (QED) is 0.773. The van der Waals surface area contributed by atoms with E-state index in [0.29, 0.717) is 6.04 Å². The normalized spacial score (nSPS) is 13.5. The van der Waals surface area contributed by atoms with Crippen molar-refractivity contribution in [2.75, 3.05) is 13.6 Å². The maximum atomic E-state index is 3.38. The molecular formula is C15H28N2S. The lowest BCUT2D eigenvalue weighted by Gasteiger charge is -2.25. The Hall–Kier alpha value is -0.380. The second-order valence-corrected chi connectivity index (χ2v) is 6.79. The van der Waals surface area contributed by atoms with E-state index in [1.165, 1.54) is 16.2 Å². The van der Waals surface area contributed by atoms with Crippen molar-refractivity contribution in [2.24, 2.45) is 5.92 Å². The van der Waals surface area contributed by atoms with Crippen molar-refractivity contribution >= 4 is 11.3 Å². The van der Waals surface area contributed by atoms with E-state index in [1.54, 1.807) is 0 Å². The molecule has 1 aromatic rings. The SMILES string of the molecule is CCNCc1ccc(CN(C)C(C)CC(C)C)s1. The summed E-state index contributed by atoms with van der Waals surface area (Å²) in [6, 6.07) is 5.18. The third-order valence-electron chi connectivity index (χ3n) is 3.24. The number of rotatable bonds is 8. The lowest BCUT2D eigenvalue weighted by Crippen LogP contribution is -2.29. The Kier molecular flexibility index (Phi) is 6.90. The Balaban J connectivity index is 2.43. The molecule has 3 heteroatoms. The fourth-order valence-electron chi connectivity index (χ4n) is 2.11. The Morgan fingerprint density at radius 3 is 2.50 bits per heavy atom. The van der Waals surface area contributed by atoms with E-state index in [1.807, 2.05) is 11.3 Å². The van der Waals surface area contributed by atoms with Gasteiger partial charge in [0, 0.05) is 28.9 Å². The second kappa shape index (κ2) is 7.93. The number of hydrogen-bond acceptors (Lipinski definition) is 3. The van der Waals surface area contributed by atoms with Gasteiger partial charge in [-0.05, 0) is 45.0 Å². The summed E-state index contributed by atoms with van der Waals surface area (Å²) in [5.74, 6) is 0.773. The van der Waals surface area contributed by atoms with Crippen LogP contribution in [0.3, 0.4) is 0 Å². The molecule has 0 saturated carbocycles. The zero-order valence-electron chi connectivity index (χ0n) is 12.5. The molecule has 0 aromatic carbocycles. The van der Waals surface area contributed by atoms with Crippen LogP contribution < -0.4 is 5.32 Å². The van der Waals surface area contributed by atoms with E-state index in [0.717, 1.165) is 25.6 Å². The van der Waals surface area contributed by atoms with Crippen LogP contribution in [0.25, 0.3) is 0 Å². The zero-order valence-corrected chi connectivity index (χ0v) is 13.3. The summed E-state index contributed by atoms with van der Waals surface area (Å²) in [5.41, 5.74) is 0. The van der Waals surface area contributed by atoms with Crippen LogP contribution >= 0.6 is 11.3 Å². The van der Waals surface area contributed by atoms with E-state index in [4.69, 9.17) is 0 Å². The van der Waals surface area contributed by atoms with Crippen LogP contribution in [0.5, 0.6) is 0 Å². The van der Waals surface area contributed by atoms with E-state index < -0.39 is 0 Å². The van der Waals surface area contributed by atoms with Crippen LogP contribution in [0.1, 0.15) is 43.9 Å². The van der Waals surface area contributed by atoms with Crippen LogP contribution in [-0.2, 0) is 13.1 Å². The molecule has 1 atom stereocenters. The first kappa shape index (κ1) is 15.7. The van der Waals surface area contributed by atoms with Crippen molar-refractivity contribution in [3.63, 3.8) is 0 Å². The number of nitrogens with zero attached hydrogens (tertiary/aromatic N) is 1. The first-order valence-electron chi connectivity index (χ1n) is 7.01. The third-order valence-corrected chi connectivity index (χ3v) is 4.31. The zero-order chi connectivity index (χ0) is 13.5. The predicted molar refractivity (Wildman–Crippen MR) is 82.1 cm³/mol. The molecule has 1 aromatic heterocycles. The molecule has 1 N–H and O–H groups in total. The standard InChI is InChI=1S/C15H28N2S/c1-6-16-10-14-7-8-15(18-14)11-17(5)13(4)9-12(2)3/h7-8,12-13,16H,6,9-11H2,1-5H3. The van der Waals surface area contributed by atoms with Crippen LogP contribution in [0.15, 0.2) is 12.1 Å². The van der Waals surface area contributed by atoms with Gasteiger partial charge in [-0.15, -0.1) is 11.3 Å². The van der Waals surface area contributed by atoms with E-state index in [2.05, 4.69) is 57.1 Å². The molecule has 1 rings (SSSR count). The van der Waals surface area contributed by atoms with Gasteiger partial charge in [0.15, 0.2) is 0 Å². The van der Waals surface area contributed by atoms with Crippen molar-refractivity contribution in [2.45, 2.75) is 53.2 Å². The third kappa shape index (κ3) is 5.51. The predicted octanol–water partition coefficient (Wildman–Crippen LogP) is 3.72. The Bertz CT molecular complexity index is 333. The summed E-state index contributed by atoms with van der Waals surface area (Å²) in [6.45, 7) is 12.2. The van der Waals surface area contributed by atoms with Gasteiger partial charge in [-0.3, -0.25) is 4.90 Å². The highest BCUT2D eigenvalue weighted by molar-refractivity contribution is 7.11. The largest absolute Gasteiger partial charge is 0.312 e. The smallest absolute Gasteiger partial charge is 0.0327 e. The second-order valence-electron chi connectivity index (χ2n) is 5.54. The molecule has 0 radical (unpaired) electrons. The first-order valence-corrected chi connectivity index (χ1v) is 7.83. The van der Waals surface area contributed by atoms with E-state index in [-0.39, 0.29) is 0 Å². The van der Waals surface area contributed by atoms with Crippen LogP contribution in [0, 0.1) is 5.92 Å². The van der Waals surface area contributed by atoms with Gasteiger partial charge < -0.3 is 5.32 Å². The molecule has 0 amide bonds. The Labute approximate surface area is 116 Å². The molecular weight excluding hydrogens is 240 g/mol. The Morgan fingerprint density at radius 2 is 1.89 bits per heavy atom. The van der Waals surface area contributed by atoms with Crippen molar-refractivity contribution in [3.8, 4) is 0 Å². The van der Waals surface area contributed by atoms with E-state index in [9.17, 15) is 0 Å². The minimum absolute atomic E-state index is 0.657. The number of hydrogen-bond donors (Lipinski definition) is 1. The monoisotopic (exact) mass is 268 g/mol. The summed E-state index contributed by atoms with van der Waals surface area (Å²) in [4.78, 5) is 5.38. The van der Waals surface area contributed by atoms with Crippen molar-refractivity contribution < 1.29 is 0 Å². The van der Waals surface area contributed by atoms with Gasteiger partial charge in [0.25, 0.3) is 0 Å². The average Bonchev–Trinajstić information content (AvgIpc) is 2.73. The Morgan fingerprint density at radius 1 is 1.22 bits per heavy atom. The molecule has 0 aliphatic carbocycles. The molecule has 0 aliphatic rings. The summed E-state index contributed by atoms with van der Waals surface area (Å²) < 4.78 is 0. The molecule has 0 aliphatic heterocycles. The van der Waals surface area contributed by atoms with Crippen LogP contribution in [0.2, 0.25) is 0 Å². The van der Waals surface area contributed by atoms with Gasteiger partial charge in [0.1, 0.15) is 0 Å². The van der Waals surface area contributed by atoms with Gasteiger partial charge in [-0.1, -0.05) is 20.8 Å². The van der Waals surface area contributed by atoms with Gasteiger partial charge >= 0.3 is 0 Å².